The van der Waals surface area contributed by atoms with Crippen LogP contribution in [0.5, 0.6) is 0 Å². The molecule has 1 unspecified atom stereocenters. The van der Waals surface area contributed by atoms with Crippen LogP contribution in [-0.2, 0) is 14.3 Å². The number of hydrogen-bond donors (Lipinski definition) is 4. The van der Waals surface area contributed by atoms with Crippen LogP contribution < -0.4 is 10.6 Å². The lowest BCUT2D eigenvalue weighted by molar-refractivity contribution is -0.214. The molecule has 1 aliphatic heterocycles. The predicted molar refractivity (Wildman–Crippen MR) is 57.8 cm³/mol. The minimum atomic E-state index is -1.30. The lowest BCUT2D eigenvalue weighted by Crippen LogP contribution is -2.66. The predicted octanol–water partition coefficient (Wildman–Crippen LogP) is -1.91. The summed E-state index contributed by atoms with van der Waals surface area (Å²) in [7, 11) is 0. The summed E-state index contributed by atoms with van der Waals surface area (Å²) in [5, 5.41) is 24.5. The highest BCUT2D eigenvalue weighted by atomic mass is 16.6. The van der Waals surface area contributed by atoms with Gasteiger partial charge in [-0.1, -0.05) is 0 Å². The van der Waals surface area contributed by atoms with Crippen LogP contribution >= 0.6 is 0 Å². The minimum Gasteiger partial charge on any atom is -0.389 e. The first-order valence-electron chi connectivity index (χ1n) is 5.38. The zero-order chi connectivity index (χ0) is 13.2. The number of rotatable bonds is 2. The molecule has 7 nitrogen and oxygen atoms in total. The van der Waals surface area contributed by atoms with Crippen LogP contribution in [-0.4, -0.2) is 52.6 Å². The molecule has 0 aliphatic carbocycles. The average Bonchev–Trinajstić information content (AvgIpc) is 2.18. The Balaban J connectivity index is 2.78. The molecular weight excluding hydrogens is 228 g/mol. The minimum absolute atomic E-state index is 0.317. The van der Waals surface area contributed by atoms with Crippen molar-refractivity contribution in [3.05, 3.63) is 0 Å². The highest BCUT2D eigenvalue weighted by Gasteiger charge is 2.43. The Labute approximate surface area is 99.1 Å². The molecule has 0 saturated carbocycles. The fourth-order valence-corrected chi connectivity index (χ4v) is 1.89. The van der Waals surface area contributed by atoms with Crippen molar-refractivity contribution in [3.8, 4) is 0 Å². The maximum atomic E-state index is 11.0. The van der Waals surface area contributed by atoms with Crippen molar-refractivity contribution in [2.24, 2.45) is 0 Å². The van der Waals surface area contributed by atoms with Gasteiger partial charge in [-0.25, -0.2) is 0 Å². The van der Waals surface area contributed by atoms with E-state index in [4.69, 9.17) is 4.74 Å². The van der Waals surface area contributed by atoms with Crippen LogP contribution in [0.15, 0.2) is 0 Å². The van der Waals surface area contributed by atoms with Gasteiger partial charge in [-0.3, -0.25) is 9.59 Å². The fourth-order valence-electron chi connectivity index (χ4n) is 1.89. The third-order valence-corrected chi connectivity index (χ3v) is 2.64. The molecule has 1 saturated heterocycles. The average molecular weight is 246 g/mol. The molecule has 17 heavy (non-hydrogen) atoms. The monoisotopic (exact) mass is 246 g/mol. The van der Waals surface area contributed by atoms with E-state index in [0.29, 0.717) is 0 Å². The molecular formula is C10H18N2O5. The summed E-state index contributed by atoms with van der Waals surface area (Å²) in [5.74, 6) is -0.713. The van der Waals surface area contributed by atoms with E-state index >= 15 is 0 Å². The first kappa shape index (κ1) is 13.9. The quantitative estimate of drug-likeness (QED) is 0.455. The molecule has 5 atom stereocenters. The van der Waals surface area contributed by atoms with Gasteiger partial charge in [0.25, 0.3) is 0 Å². The maximum Gasteiger partial charge on any atom is 0.217 e. The fraction of sp³-hybridized carbons (Fsp3) is 0.800. The summed E-state index contributed by atoms with van der Waals surface area (Å²) < 4.78 is 5.15. The first-order chi connectivity index (χ1) is 7.82. The van der Waals surface area contributed by atoms with Gasteiger partial charge < -0.3 is 25.6 Å². The van der Waals surface area contributed by atoms with Gasteiger partial charge in [0.2, 0.25) is 11.8 Å². The second-order valence-corrected chi connectivity index (χ2v) is 4.17. The van der Waals surface area contributed by atoms with Crippen LogP contribution in [0.4, 0.5) is 0 Å². The Hall–Kier alpha value is -1.18. The van der Waals surface area contributed by atoms with Gasteiger partial charge in [-0.05, 0) is 6.92 Å². The van der Waals surface area contributed by atoms with E-state index in [1.54, 1.807) is 6.92 Å². The molecule has 0 aromatic rings. The zero-order valence-corrected chi connectivity index (χ0v) is 10.0. The van der Waals surface area contributed by atoms with Crippen LogP contribution in [0.3, 0.4) is 0 Å². The molecule has 4 N–H and O–H groups in total. The number of amides is 2. The van der Waals surface area contributed by atoms with Gasteiger partial charge >= 0.3 is 0 Å². The van der Waals surface area contributed by atoms with E-state index in [-0.39, 0.29) is 5.91 Å². The summed E-state index contributed by atoms with van der Waals surface area (Å²) in [6.07, 6.45) is -2.95. The topological polar surface area (TPSA) is 108 Å². The molecule has 0 bridgehead atoms. The van der Waals surface area contributed by atoms with Crippen molar-refractivity contribution >= 4 is 11.8 Å². The molecule has 0 aromatic heterocycles. The van der Waals surface area contributed by atoms with E-state index < -0.39 is 36.5 Å². The number of aliphatic hydroxyl groups is 2. The number of ether oxygens (including phenoxy) is 1. The highest BCUT2D eigenvalue weighted by molar-refractivity contribution is 5.74. The third kappa shape index (κ3) is 3.39. The summed E-state index contributed by atoms with van der Waals surface area (Å²) in [5.41, 5.74) is 0. The van der Waals surface area contributed by atoms with E-state index in [1.165, 1.54) is 13.8 Å². The van der Waals surface area contributed by atoms with Crippen LogP contribution in [0, 0.1) is 0 Å². The first-order valence-corrected chi connectivity index (χ1v) is 5.38. The van der Waals surface area contributed by atoms with Crippen molar-refractivity contribution in [1.82, 2.24) is 10.6 Å². The molecule has 1 rings (SSSR count). The zero-order valence-electron chi connectivity index (χ0n) is 10.0. The Kier molecular flexibility index (Phi) is 4.44. The smallest absolute Gasteiger partial charge is 0.217 e. The molecule has 1 fully saturated rings. The number of carbonyl (C=O) groups excluding carboxylic acids is 2. The van der Waals surface area contributed by atoms with Crippen LogP contribution in [0.25, 0.3) is 0 Å². The molecule has 1 heterocycles. The molecule has 0 spiro atoms. The molecule has 1 aliphatic rings. The largest absolute Gasteiger partial charge is 0.389 e. The Morgan fingerprint density at radius 3 is 2.00 bits per heavy atom. The van der Waals surface area contributed by atoms with Crippen molar-refractivity contribution in [2.75, 3.05) is 0 Å². The lowest BCUT2D eigenvalue weighted by Gasteiger charge is -2.42. The standard InChI is InChI=1S/C10H18N2O5/c1-4-7(11-5(2)13)9(15)8(10(16)17-4)12-6(3)14/h4,7-10,15-16H,1-3H3,(H,11,13)(H,12,14)/t4-,7-,8+,9-,10?/m0/s1. The van der Waals surface area contributed by atoms with E-state index in [1.807, 2.05) is 0 Å². The van der Waals surface area contributed by atoms with Crippen LogP contribution in [0.1, 0.15) is 20.8 Å². The van der Waals surface area contributed by atoms with Gasteiger partial charge in [-0.2, -0.15) is 0 Å². The maximum absolute atomic E-state index is 11.0. The van der Waals surface area contributed by atoms with Gasteiger partial charge in [-0.15, -0.1) is 0 Å². The Bertz CT molecular complexity index is 281. The van der Waals surface area contributed by atoms with Crippen molar-refractivity contribution < 1.29 is 24.5 Å². The summed E-state index contributed by atoms with van der Waals surface area (Å²) in [4.78, 5) is 21.9. The van der Waals surface area contributed by atoms with E-state index in [2.05, 4.69) is 10.6 Å². The number of nitrogens with one attached hydrogen (secondary N) is 2. The number of carbonyl (C=O) groups is 2. The van der Waals surface area contributed by atoms with E-state index in [0.717, 1.165) is 0 Å². The Morgan fingerprint density at radius 2 is 1.53 bits per heavy atom. The molecule has 7 heteroatoms. The van der Waals surface area contributed by atoms with Gasteiger partial charge in [0, 0.05) is 13.8 Å². The molecule has 0 aromatic carbocycles. The second-order valence-electron chi connectivity index (χ2n) is 4.17. The number of hydrogen-bond acceptors (Lipinski definition) is 5. The Morgan fingerprint density at radius 1 is 1.06 bits per heavy atom. The summed E-state index contributed by atoms with van der Waals surface area (Å²) in [6, 6.07) is -1.63. The van der Waals surface area contributed by atoms with E-state index in [9.17, 15) is 19.8 Å². The lowest BCUT2D eigenvalue weighted by atomic mass is 9.95. The summed E-state index contributed by atoms with van der Waals surface area (Å²) in [6.45, 7) is 4.21. The van der Waals surface area contributed by atoms with Gasteiger partial charge in [0.05, 0.1) is 12.1 Å². The van der Waals surface area contributed by atoms with Crippen molar-refractivity contribution in [2.45, 2.75) is 51.4 Å². The molecule has 2 amide bonds. The summed E-state index contributed by atoms with van der Waals surface area (Å²) >= 11 is 0. The van der Waals surface area contributed by atoms with Crippen molar-refractivity contribution in [1.29, 1.82) is 0 Å². The van der Waals surface area contributed by atoms with Crippen molar-refractivity contribution in [3.63, 3.8) is 0 Å². The second kappa shape index (κ2) is 5.44. The molecule has 98 valence electrons. The third-order valence-electron chi connectivity index (χ3n) is 2.64. The SMILES string of the molecule is CC(=O)N[C@@H]1[C@H](O)[C@@H](NC(C)=O)C(O)O[C@H]1C. The molecule has 0 radical (unpaired) electrons. The van der Waals surface area contributed by atoms with Crippen LogP contribution in [0.2, 0.25) is 0 Å². The highest BCUT2D eigenvalue weighted by Crippen LogP contribution is 2.19. The number of aliphatic hydroxyl groups excluding tert-OH is 2. The normalized spacial score (nSPS) is 37.4. The van der Waals surface area contributed by atoms with Gasteiger partial charge in [0.15, 0.2) is 6.29 Å². The van der Waals surface area contributed by atoms with Gasteiger partial charge in [0.1, 0.15) is 12.1 Å².